The number of para-hydroxylation sites is 2. The van der Waals surface area contributed by atoms with Crippen molar-refractivity contribution in [1.82, 2.24) is 5.43 Å². The summed E-state index contributed by atoms with van der Waals surface area (Å²) in [6.07, 6.45) is 0. The van der Waals surface area contributed by atoms with Crippen molar-refractivity contribution in [3.8, 4) is 0 Å². The number of benzene rings is 4. The lowest BCUT2D eigenvalue weighted by Crippen LogP contribution is -2.20. The molecule has 4 aromatic rings. The van der Waals surface area contributed by atoms with E-state index in [2.05, 4.69) is 26.6 Å². The van der Waals surface area contributed by atoms with Crippen LogP contribution in [0.25, 0.3) is 0 Å². The number of hydrogen-bond acceptors (Lipinski definition) is 6. The number of rotatable bonds is 6. The molecule has 0 aromatic heterocycles. The van der Waals surface area contributed by atoms with E-state index in [4.69, 9.17) is 23.2 Å². The minimum atomic E-state index is -4.12. The fraction of sp³-hybridized carbons (Fsp3) is 0.0370. The zero-order valence-electron chi connectivity index (χ0n) is 19.8. The van der Waals surface area contributed by atoms with Gasteiger partial charge in [-0.15, -0.1) is 0 Å². The number of fused-ring (bicyclic) bond motifs is 2. The highest BCUT2D eigenvalue weighted by molar-refractivity contribution is 7.99. The van der Waals surface area contributed by atoms with E-state index in [1.807, 2.05) is 36.4 Å². The summed E-state index contributed by atoms with van der Waals surface area (Å²) in [7, 11) is -4.12. The zero-order valence-corrected chi connectivity index (χ0v) is 23.0. The van der Waals surface area contributed by atoms with Gasteiger partial charge in [-0.1, -0.05) is 65.3 Å². The quantitative estimate of drug-likeness (QED) is 0.146. The average Bonchev–Trinajstić information content (AvgIpc) is 2.91. The second kappa shape index (κ2) is 10.7. The van der Waals surface area contributed by atoms with E-state index in [-0.39, 0.29) is 26.2 Å². The maximum atomic E-state index is 13.0. The summed E-state index contributed by atoms with van der Waals surface area (Å²) in [6, 6.07) is 24.3. The number of amides is 1. The van der Waals surface area contributed by atoms with E-state index in [0.717, 1.165) is 26.7 Å². The largest absolute Gasteiger partial charge is 0.354 e. The van der Waals surface area contributed by atoms with Gasteiger partial charge in [0.15, 0.2) is 0 Å². The molecule has 1 aliphatic rings. The van der Waals surface area contributed by atoms with Gasteiger partial charge in [0, 0.05) is 15.4 Å². The molecule has 7 nitrogen and oxygen atoms in total. The molecule has 1 heterocycles. The molecule has 0 saturated carbocycles. The summed E-state index contributed by atoms with van der Waals surface area (Å²) < 4.78 is 28.3. The van der Waals surface area contributed by atoms with Crippen LogP contribution in [0.1, 0.15) is 22.8 Å². The van der Waals surface area contributed by atoms with Crippen LogP contribution in [0.15, 0.2) is 105 Å². The lowest BCUT2D eigenvalue weighted by Gasteiger charge is -2.21. The predicted octanol–water partition coefficient (Wildman–Crippen LogP) is 7.16. The first-order valence-electron chi connectivity index (χ1n) is 11.3. The molecule has 0 bridgehead atoms. The van der Waals surface area contributed by atoms with Crippen LogP contribution in [-0.4, -0.2) is 20.0 Å². The molecule has 0 aliphatic carbocycles. The third kappa shape index (κ3) is 5.51. The minimum Gasteiger partial charge on any atom is -0.354 e. The van der Waals surface area contributed by atoms with Crippen LogP contribution in [0.3, 0.4) is 0 Å². The summed E-state index contributed by atoms with van der Waals surface area (Å²) >= 11 is 13.9. The SMILES string of the molecule is CC(=NNC(=O)c1ccc(Cl)c(S(=O)(=O)Nc2ccccc2Cl)c1)c1ccc2c(c1)Nc1ccccc1S2. The maximum absolute atomic E-state index is 13.0. The van der Waals surface area contributed by atoms with Gasteiger partial charge in [-0.2, -0.15) is 5.10 Å². The fourth-order valence-corrected chi connectivity index (χ4v) is 6.54. The first-order chi connectivity index (χ1) is 18.2. The Hall–Kier alpha value is -3.50. The Labute approximate surface area is 234 Å². The van der Waals surface area contributed by atoms with Crippen LogP contribution in [0.4, 0.5) is 17.1 Å². The van der Waals surface area contributed by atoms with Gasteiger partial charge >= 0.3 is 0 Å². The Balaban J connectivity index is 1.33. The number of carbonyl (C=O) groups is 1. The van der Waals surface area contributed by atoms with Crippen molar-refractivity contribution in [3.63, 3.8) is 0 Å². The summed E-state index contributed by atoms with van der Waals surface area (Å²) in [5.41, 5.74) is 6.14. The Bertz CT molecular complexity index is 1710. The second-order valence-corrected chi connectivity index (χ2v) is 11.9. The Morgan fingerprint density at radius 3 is 2.37 bits per heavy atom. The molecular formula is C27H20Cl2N4O3S2. The fourth-order valence-electron chi connectivity index (χ4n) is 3.72. The lowest BCUT2D eigenvalue weighted by atomic mass is 10.1. The van der Waals surface area contributed by atoms with Gasteiger partial charge < -0.3 is 5.32 Å². The molecule has 0 atom stereocenters. The number of halogens is 2. The molecule has 1 amide bonds. The van der Waals surface area contributed by atoms with E-state index in [9.17, 15) is 13.2 Å². The number of hydrazone groups is 1. The molecule has 11 heteroatoms. The topological polar surface area (TPSA) is 99.7 Å². The van der Waals surface area contributed by atoms with Crippen LogP contribution < -0.4 is 15.5 Å². The molecular weight excluding hydrogens is 563 g/mol. The highest BCUT2D eigenvalue weighted by Crippen LogP contribution is 2.44. The van der Waals surface area contributed by atoms with Crippen molar-refractivity contribution in [2.24, 2.45) is 5.10 Å². The first kappa shape index (κ1) is 26.1. The molecule has 4 aromatic carbocycles. The summed E-state index contributed by atoms with van der Waals surface area (Å²) in [4.78, 5) is 14.8. The van der Waals surface area contributed by atoms with E-state index < -0.39 is 15.9 Å². The minimum absolute atomic E-state index is 0.0400. The summed E-state index contributed by atoms with van der Waals surface area (Å²) in [6.45, 7) is 1.77. The monoisotopic (exact) mass is 582 g/mol. The van der Waals surface area contributed by atoms with Crippen molar-refractivity contribution in [3.05, 3.63) is 106 Å². The van der Waals surface area contributed by atoms with Gasteiger partial charge in [0.2, 0.25) is 0 Å². The first-order valence-corrected chi connectivity index (χ1v) is 14.4. The van der Waals surface area contributed by atoms with Crippen molar-refractivity contribution in [2.45, 2.75) is 21.6 Å². The normalized spacial score (nSPS) is 12.7. The van der Waals surface area contributed by atoms with Gasteiger partial charge in [0.25, 0.3) is 15.9 Å². The Kier molecular flexibility index (Phi) is 7.36. The lowest BCUT2D eigenvalue weighted by molar-refractivity contribution is 0.0954. The van der Waals surface area contributed by atoms with Crippen LogP contribution in [0, 0.1) is 0 Å². The maximum Gasteiger partial charge on any atom is 0.271 e. The molecule has 0 saturated heterocycles. The van der Waals surface area contributed by atoms with Gasteiger partial charge in [0.1, 0.15) is 4.90 Å². The number of carbonyl (C=O) groups excluding carboxylic acids is 1. The van der Waals surface area contributed by atoms with Gasteiger partial charge in [0.05, 0.1) is 32.8 Å². The van der Waals surface area contributed by atoms with Crippen molar-refractivity contribution in [2.75, 3.05) is 10.0 Å². The van der Waals surface area contributed by atoms with Gasteiger partial charge in [-0.25, -0.2) is 13.8 Å². The molecule has 5 rings (SSSR count). The van der Waals surface area contributed by atoms with Crippen LogP contribution in [-0.2, 0) is 10.0 Å². The number of sulfonamides is 1. The number of nitrogens with one attached hydrogen (secondary N) is 3. The van der Waals surface area contributed by atoms with E-state index >= 15 is 0 Å². The highest BCUT2D eigenvalue weighted by Gasteiger charge is 2.22. The van der Waals surface area contributed by atoms with Crippen LogP contribution in [0.2, 0.25) is 10.0 Å². The highest BCUT2D eigenvalue weighted by atomic mass is 35.5. The summed E-state index contributed by atoms with van der Waals surface area (Å²) in [5.74, 6) is -0.587. The standard InChI is InChI=1S/C27H20Cl2N4O3S2/c1-16(17-11-13-25-23(14-17)30-22-8-4-5-9-24(22)37-25)31-32-27(34)18-10-12-20(29)26(15-18)38(35,36)33-21-7-3-2-6-19(21)28/h2-15,30,33H,1H3,(H,32,34). The van der Waals surface area contributed by atoms with Gasteiger partial charge in [-0.05, 0) is 67.1 Å². The van der Waals surface area contributed by atoms with Crippen LogP contribution >= 0.6 is 35.0 Å². The van der Waals surface area contributed by atoms with E-state index in [1.165, 1.54) is 24.3 Å². The Morgan fingerprint density at radius 1 is 0.842 bits per heavy atom. The average molecular weight is 584 g/mol. The second-order valence-electron chi connectivity index (χ2n) is 8.30. The van der Waals surface area contributed by atoms with Crippen molar-refractivity contribution < 1.29 is 13.2 Å². The zero-order chi connectivity index (χ0) is 26.9. The molecule has 0 spiro atoms. The molecule has 1 aliphatic heterocycles. The third-order valence-electron chi connectivity index (χ3n) is 5.70. The van der Waals surface area contributed by atoms with E-state index in [1.54, 1.807) is 36.9 Å². The molecule has 0 radical (unpaired) electrons. The molecule has 3 N–H and O–H groups in total. The number of anilines is 3. The van der Waals surface area contributed by atoms with Crippen LogP contribution in [0.5, 0.6) is 0 Å². The van der Waals surface area contributed by atoms with Crippen molar-refractivity contribution >= 4 is 73.7 Å². The number of nitrogens with zero attached hydrogens (tertiary/aromatic N) is 1. The predicted molar refractivity (Wildman–Crippen MR) is 154 cm³/mol. The molecule has 0 unspecified atom stereocenters. The molecule has 192 valence electrons. The number of hydrogen-bond donors (Lipinski definition) is 3. The third-order valence-corrected chi connectivity index (χ3v) is 9.03. The molecule has 0 fully saturated rings. The molecule has 38 heavy (non-hydrogen) atoms. The Morgan fingerprint density at radius 2 is 1.55 bits per heavy atom. The van der Waals surface area contributed by atoms with Gasteiger partial charge in [-0.3, -0.25) is 9.52 Å². The summed E-state index contributed by atoms with van der Waals surface area (Å²) in [5, 5.41) is 7.84. The smallest absolute Gasteiger partial charge is 0.271 e. The van der Waals surface area contributed by atoms with Crippen molar-refractivity contribution in [1.29, 1.82) is 0 Å². The van der Waals surface area contributed by atoms with E-state index in [0.29, 0.717) is 5.71 Å².